The van der Waals surface area contributed by atoms with Crippen molar-refractivity contribution in [2.24, 2.45) is 5.73 Å². The summed E-state index contributed by atoms with van der Waals surface area (Å²) >= 11 is 1.30. The van der Waals surface area contributed by atoms with E-state index >= 15 is 0 Å². The largest absolute Gasteiger partial charge is 0.369 e. The second kappa shape index (κ2) is 9.08. The number of hydrogen-bond donors (Lipinski definition) is 1. The zero-order valence-corrected chi connectivity index (χ0v) is 15.3. The minimum Gasteiger partial charge on any atom is -0.369 e. The quantitative estimate of drug-likeness (QED) is 0.778. The molecule has 0 unspecified atom stereocenters. The Balaban J connectivity index is 1.90. The molecule has 0 aromatic heterocycles. The zero-order chi connectivity index (χ0) is 17.5. The van der Waals surface area contributed by atoms with Crippen molar-refractivity contribution in [2.45, 2.75) is 32.4 Å². The predicted octanol–water partition coefficient (Wildman–Crippen LogP) is 1.89. The summed E-state index contributed by atoms with van der Waals surface area (Å²) in [6, 6.07) is 11.1. The number of hydrogen-bond acceptors (Lipinski definition) is 4. The van der Waals surface area contributed by atoms with Gasteiger partial charge in [0.2, 0.25) is 11.8 Å². The molecule has 0 radical (unpaired) electrons. The molecule has 1 heterocycles. The lowest BCUT2D eigenvalue weighted by Crippen LogP contribution is -2.43. The summed E-state index contributed by atoms with van der Waals surface area (Å²) in [7, 11) is 0. The maximum absolute atomic E-state index is 12.4. The average Bonchev–Trinajstić information content (AvgIpc) is 3.05. The number of likely N-dealkylation sites (N-methyl/N-ethyl adjacent to an activating group) is 1. The molecule has 1 fully saturated rings. The topological polar surface area (TPSA) is 66.6 Å². The molecule has 24 heavy (non-hydrogen) atoms. The maximum Gasteiger partial charge on any atom is 0.232 e. The van der Waals surface area contributed by atoms with Crippen LogP contribution in [0.2, 0.25) is 0 Å². The Morgan fingerprint density at radius 1 is 1.33 bits per heavy atom. The summed E-state index contributed by atoms with van der Waals surface area (Å²) < 4.78 is 0. The Hall–Kier alpha value is -1.53. The molecule has 132 valence electrons. The highest BCUT2D eigenvalue weighted by Gasteiger charge is 2.32. The van der Waals surface area contributed by atoms with Gasteiger partial charge >= 0.3 is 0 Å². The number of nitrogens with zero attached hydrogens (tertiary/aromatic N) is 2. The second-order valence-corrected chi connectivity index (χ2v) is 7.15. The number of likely N-dealkylation sites (tertiary alicyclic amines) is 1. The molecule has 2 rings (SSSR count). The van der Waals surface area contributed by atoms with E-state index in [1.54, 1.807) is 0 Å². The first kappa shape index (κ1) is 18.8. The lowest BCUT2D eigenvalue weighted by molar-refractivity contribution is -0.130. The van der Waals surface area contributed by atoms with Gasteiger partial charge in [0.25, 0.3) is 0 Å². The van der Waals surface area contributed by atoms with E-state index < -0.39 is 0 Å². The minimum atomic E-state index is -0.375. The molecular formula is C18H27N3O2S. The van der Waals surface area contributed by atoms with Gasteiger partial charge in [-0.15, -0.1) is 11.8 Å². The first-order valence-corrected chi connectivity index (χ1v) is 9.63. The van der Waals surface area contributed by atoms with Gasteiger partial charge < -0.3 is 10.6 Å². The number of carbonyl (C=O) groups is 2. The van der Waals surface area contributed by atoms with Crippen LogP contribution in [0.15, 0.2) is 30.3 Å². The van der Waals surface area contributed by atoms with Crippen LogP contribution in [0, 0.1) is 0 Å². The van der Waals surface area contributed by atoms with Crippen LogP contribution in [0.1, 0.15) is 31.9 Å². The molecule has 0 spiro atoms. The maximum atomic E-state index is 12.4. The average molecular weight is 350 g/mol. The van der Waals surface area contributed by atoms with E-state index in [-0.39, 0.29) is 23.6 Å². The fourth-order valence-electron chi connectivity index (χ4n) is 3.28. The first-order chi connectivity index (χ1) is 11.5. The van der Waals surface area contributed by atoms with E-state index in [0.29, 0.717) is 18.3 Å². The number of primary amides is 1. The molecule has 1 aromatic carbocycles. The van der Waals surface area contributed by atoms with E-state index in [2.05, 4.69) is 36.1 Å². The Kier molecular flexibility index (Phi) is 7.12. The Bertz CT molecular complexity index is 552. The molecule has 2 N–H and O–H groups in total. The van der Waals surface area contributed by atoms with Crippen molar-refractivity contribution in [3.05, 3.63) is 35.9 Å². The molecule has 0 aliphatic carbocycles. The third-order valence-corrected chi connectivity index (χ3v) is 5.54. The fraction of sp³-hybridized carbons (Fsp3) is 0.556. The van der Waals surface area contributed by atoms with Crippen molar-refractivity contribution in [2.75, 3.05) is 31.1 Å². The summed E-state index contributed by atoms with van der Waals surface area (Å²) in [5.41, 5.74) is 6.43. The van der Waals surface area contributed by atoms with Crippen molar-refractivity contribution < 1.29 is 9.59 Å². The van der Waals surface area contributed by atoms with Crippen molar-refractivity contribution in [3.8, 4) is 0 Å². The highest BCUT2D eigenvalue weighted by molar-refractivity contribution is 8.00. The molecular weight excluding hydrogens is 322 g/mol. The van der Waals surface area contributed by atoms with E-state index in [4.69, 9.17) is 5.73 Å². The summed E-state index contributed by atoms with van der Waals surface area (Å²) in [5.74, 6) is 0.245. The highest BCUT2D eigenvalue weighted by atomic mass is 32.2. The van der Waals surface area contributed by atoms with Crippen LogP contribution in [0.4, 0.5) is 0 Å². The molecule has 1 aliphatic heterocycles. The Morgan fingerprint density at radius 3 is 2.67 bits per heavy atom. The summed E-state index contributed by atoms with van der Waals surface area (Å²) in [5, 5.41) is 0. The van der Waals surface area contributed by atoms with Crippen LogP contribution in [0.5, 0.6) is 0 Å². The Labute approximate surface area is 148 Å². The van der Waals surface area contributed by atoms with Crippen LogP contribution in [0.25, 0.3) is 0 Å². The van der Waals surface area contributed by atoms with Crippen LogP contribution in [0.3, 0.4) is 0 Å². The van der Waals surface area contributed by atoms with Crippen molar-refractivity contribution in [1.82, 2.24) is 9.80 Å². The smallest absolute Gasteiger partial charge is 0.232 e. The zero-order valence-electron chi connectivity index (χ0n) is 14.5. The van der Waals surface area contributed by atoms with E-state index in [1.807, 2.05) is 17.9 Å². The number of benzene rings is 1. The Morgan fingerprint density at radius 2 is 2.04 bits per heavy atom. The summed E-state index contributed by atoms with van der Waals surface area (Å²) in [4.78, 5) is 27.6. The molecule has 2 amide bonds. The highest BCUT2D eigenvalue weighted by Crippen LogP contribution is 2.26. The molecule has 0 bridgehead atoms. The fourth-order valence-corrected chi connectivity index (χ4v) is 3.92. The standard InChI is InChI=1S/C18H27N3O2S/c1-3-21(18(23)13-24-12-17(19)22)16-9-10-20(11-16)14(2)15-7-5-4-6-8-15/h4-8,14,16H,3,9-13H2,1-2H3,(H2,19,22)/t14-,16+/m0/s1. The second-order valence-electron chi connectivity index (χ2n) is 6.16. The van der Waals surface area contributed by atoms with Gasteiger partial charge in [0.15, 0.2) is 0 Å². The molecule has 2 atom stereocenters. The molecule has 5 nitrogen and oxygen atoms in total. The van der Waals surface area contributed by atoms with E-state index in [9.17, 15) is 9.59 Å². The predicted molar refractivity (Wildman–Crippen MR) is 98.7 cm³/mol. The molecule has 1 saturated heterocycles. The molecule has 1 aromatic rings. The van der Waals surface area contributed by atoms with Gasteiger partial charge in [-0.3, -0.25) is 14.5 Å². The van der Waals surface area contributed by atoms with Gasteiger partial charge in [0, 0.05) is 31.7 Å². The van der Waals surface area contributed by atoms with Crippen LogP contribution in [-0.4, -0.2) is 58.8 Å². The number of rotatable bonds is 8. The molecule has 6 heteroatoms. The van der Waals surface area contributed by atoms with Gasteiger partial charge in [0.05, 0.1) is 11.5 Å². The monoisotopic (exact) mass is 349 g/mol. The third-order valence-electron chi connectivity index (χ3n) is 4.60. The SMILES string of the molecule is CCN(C(=O)CSCC(N)=O)[C@@H]1CCN([C@@H](C)c2ccccc2)C1. The van der Waals surface area contributed by atoms with Crippen LogP contribution >= 0.6 is 11.8 Å². The third kappa shape index (κ3) is 4.98. The van der Waals surface area contributed by atoms with Crippen molar-refractivity contribution in [3.63, 3.8) is 0 Å². The number of carbonyl (C=O) groups excluding carboxylic acids is 2. The van der Waals surface area contributed by atoms with E-state index in [1.165, 1.54) is 17.3 Å². The van der Waals surface area contributed by atoms with Gasteiger partial charge in [-0.2, -0.15) is 0 Å². The first-order valence-electron chi connectivity index (χ1n) is 8.47. The molecule has 1 aliphatic rings. The summed E-state index contributed by atoms with van der Waals surface area (Å²) in [6.45, 7) is 6.84. The van der Waals surface area contributed by atoms with Gasteiger partial charge in [-0.25, -0.2) is 0 Å². The number of nitrogens with two attached hydrogens (primary N) is 1. The van der Waals surface area contributed by atoms with Crippen molar-refractivity contribution in [1.29, 1.82) is 0 Å². The number of amides is 2. The lowest BCUT2D eigenvalue weighted by atomic mass is 10.1. The lowest BCUT2D eigenvalue weighted by Gasteiger charge is -2.29. The van der Waals surface area contributed by atoms with Gasteiger partial charge in [-0.1, -0.05) is 30.3 Å². The van der Waals surface area contributed by atoms with Gasteiger partial charge in [-0.05, 0) is 25.8 Å². The normalized spacial score (nSPS) is 19.2. The molecule has 0 saturated carbocycles. The van der Waals surface area contributed by atoms with Crippen LogP contribution in [-0.2, 0) is 9.59 Å². The summed E-state index contributed by atoms with van der Waals surface area (Å²) in [6.07, 6.45) is 0.997. The number of thioether (sulfide) groups is 1. The van der Waals surface area contributed by atoms with Crippen LogP contribution < -0.4 is 5.73 Å². The van der Waals surface area contributed by atoms with Gasteiger partial charge in [0.1, 0.15) is 0 Å². The van der Waals surface area contributed by atoms with Crippen molar-refractivity contribution >= 4 is 23.6 Å². The minimum absolute atomic E-state index is 0.1000. The van der Waals surface area contributed by atoms with E-state index in [0.717, 1.165) is 19.5 Å².